The number of ether oxygens (including phenoxy) is 1. The molecule has 1 aliphatic carbocycles. The predicted octanol–water partition coefficient (Wildman–Crippen LogP) is 3.09. The lowest BCUT2D eigenvalue weighted by Gasteiger charge is -2.33. The molecule has 3 unspecified atom stereocenters. The summed E-state index contributed by atoms with van der Waals surface area (Å²) < 4.78 is 11.0. The third kappa shape index (κ3) is 3.01. The minimum Gasteiger partial charge on any atom is -0.409 e. The van der Waals surface area contributed by atoms with E-state index in [-0.39, 0.29) is 16.8 Å². The number of fused-ring (bicyclic) bond motifs is 1. The molecule has 126 valence electrons. The molecule has 1 saturated heterocycles. The molecule has 0 bridgehead atoms. The Balaban J connectivity index is 1.45. The zero-order valence-corrected chi connectivity index (χ0v) is 14.0. The molecule has 2 aromatic rings. The maximum absolute atomic E-state index is 12.5. The van der Waals surface area contributed by atoms with Crippen LogP contribution in [0.2, 0.25) is 0 Å². The van der Waals surface area contributed by atoms with Gasteiger partial charge >= 0.3 is 0 Å². The zero-order chi connectivity index (χ0) is 16.5. The smallest absolute Gasteiger partial charge is 0.284 e. The Morgan fingerprint density at radius 3 is 2.83 bits per heavy atom. The lowest BCUT2D eigenvalue weighted by Crippen LogP contribution is -2.45. The maximum Gasteiger partial charge on any atom is 0.284 e. The van der Waals surface area contributed by atoms with E-state index in [0.717, 1.165) is 37.9 Å². The largest absolute Gasteiger partial charge is 0.409 e. The average molecular weight is 345 g/mol. The minimum atomic E-state index is -0.0398. The molecule has 4 rings (SSSR count). The summed E-state index contributed by atoms with van der Waals surface area (Å²) >= 11 is 4.87. The number of nitrogens with zero attached hydrogens (tertiary/aromatic N) is 1. The summed E-state index contributed by atoms with van der Waals surface area (Å²) in [5.74, 6) is 0.836. The van der Waals surface area contributed by atoms with E-state index in [1.165, 1.54) is 0 Å². The number of carbonyl (C=O) groups excluding carboxylic acids is 1. The van der Waals surface area contributed by atoms with Crippen molar-refractivity contribution < 1.29 is 13.9 Å². The van der Waals surface area contributed by atoms with Crippen molar-refractivity contribution in [1.29, 1.82) is 0 Å². The topological polar surface area (TPSA) is 80.1 Å². The average Bonchev–Trinajstić information content (AvgIpc) is 3.24. The van der Waals surface area contributed by atoms with Crippen LogP contribution in [0.1, 0.15) is 36.0 Å². The minimum absolute atomic E-state index is 0.0398. The fraction of sp³-hybridized carbons (Fsp3) is 0.471. The highest BCUT2D eigenvalue weighted by molar-refractivity contribution is 7.71. The maximum atomic E-state index is 12.5. The number of aromatic amines is 1. The summed E-state index contributed by atoms with van der Waals surface area (Å²) in [6.07, 6.45) is 4.61. The first-order valence-corrected chi connectivity index (χ1v) is 8.70. The molecule has 6 nitrogen and oxygen atoms in total. The highest BCUT2D eigenvalue weighted by atomic mass is 32.1. The molecule has 1 aromatic carbocycles. The Morgan fingerprint density at radius 2 is 2.08 bits per heavy atom. The number of hydrogen-bond acceptors (Lipinski definition) is 5. The van der Waals surface area contributed by atoms with Crippen LogP contribution in [0.4, 0.5) is 0 Å². The van der Waals surface area contributed by atoms with Crippen molar-refractivity contribution in [2.24, 2.45) is 5.92 Å². The number of H-pyrrole nitrogens is 1. The summed E-state index contributed by atoms with van der Waals surface area (Å²) in [4.78, 5) is 12.8. The normalized spacial score (nSPS) is 26.1. The molecule has 1 aliphatic heterocycles. The van der Waals surface area contributed by atoms with Gasteiger partial charge in [0.2, 0.25) is 5.89 Å². The van der Waals surface area contributed by atoms with Crippen LogP contribution in [0.15, 0.2) is 28.7 Å². The zero-order valence-electron chi connectivity index (χ0n) is 13.2. The van der Waals surface area contributed by atoms with Crippen molar-refractivity contribution in [3.8, 4) is 11.5 Å². The monoisotopic (exact) mass is 345 g/mol. The quantitative estimate of drug-likeness (QED) is 0.836. The van der Waals surface area contributed by atoms with Crippen LogP contribution in [-0.4, -0.2) is 34.9 Å². The van der Waals surface area contributed by atoms with E-state index in [2.05, 4.69) is 15.5 Å². The molecule has 0 radical (unpaired) electrons. The van der Waals surface area contributed by atoms with Crippen LogP contribution in [-0.2, 0) is 4.74 Å². The summed E-state index contributed by atoms with van der Waals surface area (Å²) in [5.41, 5.74) is 1.41. The molecule has 1 saturated carbocycles. The van der Waals surface area contributed by atoms with Gasteiger partial charge in [0.05, 0.1) is 6.10 Å². The van der Waals surface area contributed by atoms with Gasteiger partial charge < -0.3 is 14.5 Å². The van der Waals surface area contributed by atoms with E-state index >= 15 is 0 Å². The van der Waals surface area contributed by atoms with Crippen LogP contribution in [0.3, 0.4) is 0 Å². The lowest BCUT2D eigenvalue weighted by molar-refractivity contribution is 0.0510. The first kappa shape index (κ1) is 15.5. The van der Waals surface area contributed by atoms with Crippen LogP contribution < -0.4 is 5.32 Å². The van der Waals surface area contributed by atoms with E-state index in [0.29, 0.717) is 23.5 Å². The van der Waals surface area contributed by atoms with Crippen LogP contribution in [0.25, 0.3) is 11.5 Å². The van der Waals surface area contributed by atoms with Gasteiger partial charge in [0.1, 0.15) is 0 Å². The molecule has 2 fully saturated rings. The standard InChI is InChI=1S/C17H19N3O3S/c21-15(18-13-2-1-3-14-12(13)8-9-22-14)10-4-6-11(7-5-10)16-19-20-17(24)23-16/h4-7,12-14H,1-3,8-9H2,(H,18,21)(H,20,24). The van der Waals surface area contributed by atoms with Crippen molar-refractivity contribution in [2.45, 2.75) is 37.8 Å². The summed E-state index contributed by atoms with van der Waals surface area (Å²) in [5, 5.41) is 9.76. The molecule has 1 aromatic heterocycles. The van der Waals surface area contributed by atoms with Gasteiger partial charge in [0.15, 0.2) is 0 Å². The van der Waals surface area contributed by atoms with Gasteiger partial charge in [-0.15, -0.1) is 5.10 Å². The highest BCUT2D eigenvalue weighted by Gasteiger charge is 2.38. The molecule has 1 amide bonds. The molecule has 24 heavy (non-hydrogen) atoms. The van der Waals surface area contributed by atoms with E-state index in [1.807, 2.05) is 12.1 Å². The second kappa shape index (κ2) is 6.49. The second-order valence-corrected chi connectivity index (χ2v) is 6.74. The first-order chi connectivity index (χ1) is 11.7. The Morgan fingerprint density at radius 1 is 1.25 bits per heavy atom. The van der Waals surface area contributed by atoms with Crippen molar-refractivity contribution in [2.75, 3.05) is 6.61 Å². The third-order valence-electron chi connectivity index (χ3n) is 4.93. The van der Waals surface area contributed by atoms with Crippen LogP contribution >= 0.6 is 12.2 Å². The van der Waals surface area contributed by atoms with Crippen molar-refractivity contribution >= 4 is 18.1 Å². The summed E-state index contributed by atoms with van der Waals surface area (Å²) in [7, 11) is 0. The first-order valence-electron chi connectivity index (χ1n) is 8.29. The number of hydrogen-bond donors (Lipinski definition) is 2. The Bertz CT molecular complexity index is 783. The van der Waals surface area contributed by atoms with Crippen molar-refractivity contribution in [3.05, 3.63) is 34.7 Å². The number of amides is 1. The summed E-state index contributed by atoms with van der Waals surface area (Å²) in [6, 6.07) is 7.40. The number of aromatic nitrogens is 2. The van der Waals surface area contributed by atoms with Gasteiger partial charge in [-0.25, -0.2) is 5.10 Å². The van der Waals surface area contributed by atoms with Gasteiger partial charge in [-0.1, -0.05) is 0 Å². The number of benzene rings is 1. The fourth-order valence-corrected chi connectivity index (χ4v) is 3.85. The number of rotatable bonds is 3. The molecule has 2 N–H and O–H groups in total. The van der Waals surface area contributed by atoms with E-state index in [9.17, 15) is 4.79 Å². The number of nitrogens with one attached hydrogen (secondary N) is 2. The van der Waals surface area contributed by atoms with E-state index in [1.54, 1.807) is 12.1 Å². The molecular weight excluding hydrogens is 326 g/mol. The molecule has 0 spiro atoms. The highest BCUT2D eigenvalue weighted by Crippen LogP contribution is 2.34. The SMILES string of the molecule is O=C(NC1CCCC2OCCC12)c1ccc(-c2n[nH]c(=S)o2)cc1. The third-order valence-corrected chi connectivity index (χ3v) is 5.10. The lowest BCUT2D eigenvalue weighted by atomic mass is 9.81. The van der Waals surface area contributed by atoms with Gasteiger partial charge in [0, 0.05) is 29.7 Å². The molecule has 3 atom stereocenters. The van der Waals surface area contributed by atoms with Crippen molar-refractivity contribution in [3.63, 3.8) is 0 Å². The van der Waals surface area contributed by atoms with Gasteiger partial charge in [-0.2, -0.15) is 0 Å². The Hall–Kier alpha value is -1.99. The van der Waals surface area contributed by atoms with Crippen LogP contribution in [0.5, 0.6) is 0 Å². The van der Waals surface area contributed by atoms with Gasteiger partial charge in [-0.3, -0.25) is 4.79 Å². The second-order valence-electron chi connectivity index (χ2n) is 6.37. The molecule has 2 heterocycles. The summed E-state index contributed by atoms with van der Waals surface area (Å²) in [6.45, 7) is 0.814. The predicted molar refractivity (Wildman–Crippen MR) is 90.1 cm³/mol. The molecule has 2 aliphatic rings. The molecule has 7 heteroatoms. The van der Waals surface area contributed by atoms with Gasteiger partial charge in [-0.05, 0) is 62.2 Å². The van der Waals surface area contributed by atoms with E-state index in [4.69, 9.17) is 21.4 Å². The van der Waals surface area contributed by atoms with Gasteiger partial charge in [0.25, 0.3) is 10.7 Å². The van der Waals surface area contributed by atoms with Crippen molar-refractivity contribution in [1.82, 2.24) is 15.5 Å². The molecular formula is C17H19N3O3S. The number of carbonyl (C=O) groups is 1. The Kier molecular flexibility index (Phi) is 4.20. The fourth-order valence-electron chi connectivity index (χ4n) is 3.72. The van der Waals surface area contributed by atoms with Crippen LogP contribution in [0, 0.1) is 10.8 Å². The Labute approximate surface area is 144 Å². The van der Waals surface area contributed by atoms with E-state index < -0.39 is 0 Å².